The van der Waals surface area contributed by atoms with Crippen LogP contribution in [0.15, 0.2) is 95.1 Å². The smallest absolute Gasteiger partial charge is 0.295 e. The molecule has 1 atom stereocenters. The molecule has 4 aromatic rings. The average molecular weight is 501 g/mol. The average Bonchev–Trinajstić information content (AvgIpc) is 3.37. The Bertz CT molecular complexity index is 1370. The summed E-state index contributed by atoms with van der Waals surface area (Å²) in [6.45, 7) is 0.350. The number of carbonyl (C=O) groups excluding carboxylic acids is 2. The second-order valence-electron chi connectivity index (χ2n) is 8.02. The highest BCUT2D eigenvalue weighted by Crippen LogP contribution is 2.39. The maximum Gasteiger partial charge on any atom is 0.295 e. The van der Waals surface area contributed by atoms with Gasteiger partial charge in [-0.2, -0.15) is 0 Å². The number of aromatic amines is 1. The lowest BCUT2D eigenvalue weighted by Gasteiger charge is -2.25. The van der Waals surface area contributed by atoms with Gasteiger partial charge in [-0.1, -0.05) is 76.6 Å². The third-order valence-corrected chi connectivity index (χ3v) is 6.60. The highest BCUT2D eigenvalue weighted by Gasteiger charge is 2.45. The van der Waals surface area contributed by atoms with Crippen molar-refractivity contribution >= 4 is 44.3 Å². The molecule has 1 aromatic heterocycles. The number of aromatic nitrogens is 1. The number of benzene rings is 3. The van der Waals surface area contributed by atoms with Crippen LogP contribution in [-0.2, 0) is 16.0 Å². The molecule has 5 rings (SSSR count). The van der Waals surface area contributed by atoms with E-state index in [9.17, 15) is 14.7 Å². The van der Waals surface area contributed by atoms with Crippen molar-refractivity contribution in [3.63, 3.8) is 0 Å². The summed E-state index contributed by atoms with van der Waals surface area (Å²) < 4.78 is 0.859. The number of carbonyl (C=O) groups is 2. The zero-order chi connectivity index (χ0) is 22.9. The number of hydrogen-bond acceptors (Lipinski definition) is 3. The number of hydrogen-bond donors (Lipinski definition) is 2. The van der Waals surface area contributed by atoms with E-state index in [1.807, 2.05) is 60.8 Å². The first-order valence-electron chi connectivity index (χ1n) is 10.7. The van der Waals surface area contributed by atoms with Crippen molar-refractivity contribution in [2.45, 2.75) is 12.5 Å². The summed E-state index contributed by atoms with van der Waals surface area (Å²) in [6.07, 6.45) is 2.53. The monoisotopic (exact) mass is 500 g/mol. The van der Waals surface area contributed by atoms with Gasteiger partial charge in [0.2, 0.25) is 0 Å². The largest absolute Gasteiger partial charge is 0.507 e. The van der Waals surface area contributed by atoms with Crippen LogP contribution in [0.4, 0.5) is 0 Å². The number of aliphatic hydroxyl groups excluding tert-OH is 1. The predicted octanol–water partition coefficient (Wildman–Crippen LogP) is 5.59. The zero-order valence-corrected chi connectivity index (χ0v) is 19.2. The first-order chi connectivity index (χ1) is 16.0. The van der Waals surface area contributed by atoms with Gasteiger partial charge in [0.15, 0.2) is 0 Å². The lowest BCUT2D eigenvalue weighted by Crippen LogP contribution is -2.31. The first kappa shape index (κ1) is 21.2. The fourth-order valence-electron chi connectivity index (χ4n) is 4.44. The number of para-hydroxylation sites is 1. The normalized spacial score (nSPS) is 17.7. The number of ketones is 1. The molecule has 33 heavy (non-hydrogen) atoms. The van der Waals surface area contributed by atoms with Gasteiger partial charge in [-0.15, -0.1) is 0 Å². The van der Waals surface area contributed by atoms with Gasteiger partial charge in [0.25, 0.3) is 11.7 Å². The second kappa shape index (κ2) is 8.71. The lowest BCUT2D eigenvalue weighted by molar-refractivity contribution is -0.139. The molecule has 2 heterocycles. The van der Waals surface area contributed by atoms with Crippen molar-refractivity contribution < 1.29 is 14.7 Å². The zero-order valence-electron chi connectivity index (χ0n) is 17.7. The van der Waals surface area contributed by atoms with E-state index in [2.05, 4.69) is 20.9 Å². The maximum atomic E-state index is 13.1. The van der Waals surface area contributed by atoms with Crippen LogP contribution in [0.3, 0.4) is 0 Å². The molecule has 0 aliphatic carbocycles. The van der Waals surface area contributed by atoms with Crippen molar-refractivity contribution in [3.8, 4) is 0 Å². The van der Waals surface area contributed by atoms with E-state index < -0.39 is 17.7 Å². The molecule has 0 radical (unpaired) electrons. The Kier molecular flexibility index (Phi) is 5.60. The first-order valence-corrected chi connectivity index (χ1v) is 11.5. The summed E-state index contributed by atoms with van der Waals surface area (Å²) in [5.74, 6) is -1.42. The molecule has 1 aliphatic rings. The number of H-pyrrole nitrogens is 1. The van der Waals surface area contributed by atoms with Crippen molar-refractivity contribution in [1.82, 2.24) is 9.88 Å². The van der Waals surface area contributed by atoms with Crippen LogP contribution >= 0.6 is 15.9 Å². The molecule has 0 saturated carbocycles. The third kappa shape index (κ3) is 3.87. The van der Waals surface area contributed by atoms with Gasteiger partial charge in [-0.05, 0) is 35.7 Å². The molecule has 6 heteroatoms. The molecule has 0 spiro atoms. The van der Waals surface area contributed by atoms with Crippen molar-refractivity contribution in [3.05, 3.63) is 112 Å². The van der Waals surface area contributed by atoms with E-state index in [1.165, 1.54) is 0 Å². The van der Waals surface area contributed by atoms with Crippen LogP contribution in [0.2, 0.25) is 0 Å². The quantitative estimate of drug-likeness (QED) is 0.213. The van der Waals surface area contributed by atoms with Gasteiger partial charge in [-0.3, -0.25) is 9.59 Å². The van der Waals surface area contributed by atoms with Crippen LogP contribution in [-0.4, -0.2) is 33.2 Å². The number of nitrogens with zero attached hydrogens (tertiary/aromatic N) is 1. The summed E-state index contributed by atoms with van der Waals surface area (Å²) in [5, 5.41) is 12.2. The number of rotatable bonds is 5. The second-order valence-corrected chi connectivity index (χ2v) is 8.94. The van der Waals surface area contributed by atoms with Crippen molar-refractivity contribution in [2.24, 2.45) is 0 Å². The summed E-state index contributed by atoms with van der Waals surface area (Å²) >= 11 is 3.38. The lowest BCUT2D eigenvalue weighted by atomic mass is 9.95. The summed E-state index contributed by atoms with van der Waals surface area (Å²) in [5.41, 5.74) is 3.51. The number of aliphatic hydroxyl groups is 1. The van der Waals surface area contributed by atoms with Gasteiger partial charge in [0.05, 0.1) is 11.6 Å². The number of halogens is 1. The minimum Gasteiger partial charge on any atom is -0.507 e. The maximum absolute atomic E-state index is 13.1. The van der Waals surface area contributed by atoms with Gasteiger partial charge in [0.1, 0.15) is 5.76 Å². The molecule has 1 unspecified atom stereocenters. The minimum absolute atomic E-state index is 0.118. The topological polar surface area (TPSA) is 73.4 Å². The Labute approximate surface area is 199 Å². The number of likely N-dealkylation sites (tertiary alicyclic amines) is 1. The molecule has 1 aliphatic heterocycles. The van der Waals surface area contributed by atoms with Crippen LogP contribution in [0.1, 0.15) is 22.7 Å². The van der Waals surface area contributed by atoms with Crippen LogP contribution in [0.25, 0.3) is 16.7 Å². The van der Waals surface area contributed by atoms with E-state index in [4.69, 9.17) is 0 Å². The Morgan fingerprint density at radius 2 is 1.64 bits per heavy atom. The van der Waals surface area contributed by atoms with Gasteiger partial charge in [-0.25, -0.2) is 0 Å². The Balaban J connectivity index is 1.55. The Hall–Kier alpha value is -3.64. The number of amides is 1. The summed E-state index contributed by atoms with van der Waals surface area (Å²) in [4.78, 5) is 31.1. The highest BCUT2D eigenvalue weighted by atomic mass is 79.9. The number of nitrogens with one attached hydrogen (secondary N) is 1. The summed E-state index contributed by atoms with van der Waals surface area (Å²) in [6, 6.07) is 23.8. The van der Waals surface area contributed by atoms with Crippen LogP contribution < -0.4 is 0 Å². The standard InChI is InChI=1S/C27H21BrN2O3/c28-20-12-10-18(11-13-20)25(31)23-24(17-6-2-1-3-7-17)30(27(33)26(23)32)15-14-19-16-29-22-9-5-4-8-21(19)22/h1-13,16,24,29,31H,14-15H2/b25-23-. The van der Waals surface area contributed by atoms with E-state index in [0.717, 1.165) is 26.5 Å². The molecule has 1 amide bonds. The SMILES string of the molecule is O=C1C(=O)N(CCc2c[nH]c3ccccc23)C(c2ccccc2)/C1=C(/O)c1ccc(Br)cc1. The molecule has 1 fully saturated rings. The van der Waals surface area contributed by atoms with Crippen LogP contribution in [0, 0.1) is 0 Å². The minimum atomic E-state index is -0.664. The molecule has 3 aromatic carbocycles. The van der Waals surface area contributed by atoms with Crippen LogP contribution in [0.5, 0.6) is 0 Å². The highest BCUT2D eigenvalue weighted by molar-refractivity contribution is 9.10. The van der Waals surface area contributed by atoms with Gasteiger partial charge < -0.3 is 15.0 Å². The number of fused-ring (bicyclic) bond motifs is 1. The molecular formula is C27H21BrN2O3. The molecule has 164 valence electrons. The van der Waals surface area contributed by atoms with Gasteiger partial charge in [0, 0.05) is 33.7 Å². The fourth-order valence-corrected chi connectivity index (χ4v) is 4.70. The Morgan fingerprint density at radius 3 is 2.39 bits per heavy atom. The number of Topliss-reactive ketones (excluding diaryl/α,β-unsaturated/α-hetero) is 1. The molecule has 0 bridgehead atoms. The Morgan fingerprint density at radius 1 is 0.939 bits per heavy atom. The van der Waals surface area contributed by atoms with E-state index in [-0.39, 0.29) is 11.3 Å². The fraction of sp³-hybridized carbons (Fsp3) is 0.111. The molecule has 1 saturated heterocycles. The van der Waals surface area contributed by atoms with E-state index in [0.29, 0.717) is 18.5 Å². The third-order valence-electron chi connectivity index (χ3n) is 6.07. The van der Waals surface area contributed by atoms with E-state index in [1.54, 1.807) is 29.2 Å². The van der Waals surface area contributed by atoms with Crippen molar-refractivity contribution in [2.75, 3.05) is 6.54 Å². The molecule has 2 N–H and O–H groups in total. The van der Waals surface area contributed by atoms with Crippen molar-refractivity contribution in [1.29, 1.82) is 0 Å². The predicted molar refractivity (Wildman–Crippen MR) is 132 cm³/mol. The van der Waals surface area contributed by atoms with Gasteiger partial charge >= 0.3 is 0 Å². The van der Waals surface area contributed by atoms with E-state index >= 15 is 0 Å². The molecule has 5 nitrogen and oxygen atoms in total. The summed E-state index contributed by atoms with van der Waals surface area (Å²) in [7, 11) is 0. The molecular weight excluding hydrogens is 480 g/mol.